The van der Waals surface area contributed by atoms with Gasteiger partial charge in [0, 0.05) is 18.8 Å². The number of nitrogens with zero attached hydrogens (tertiary/aromatic N) is 2. The number of halogens is 1. The van der Waals surface area contributed by atoms with E-state index in [1.54, 1.807) is 18.5 Å². The van der Waals surface area contributed by atoms with Crippen LogP contribution in [0.2, 0.25) is 0 Å². The van der Waals surface area contributed by atoms with Gasteiger partial charge in [-0.25, -0.2) is 9.97 Å². The van der Waals surface area contributed by atoms with Crippen molar-refractivity contribution in [3.8, 4) is 0 Å². The van der Waals surface area contributed by atoms with Crippen molar-refractivity contribution in [3.63, 3.8) is 0 Å². The van der Waals surface area contributed by atoms with Crippen molar-refractivity contribution in [3.05, 3.63) is 24.3 Å². The zero-order valence-electron chi connectivity index (χ0n) is 5.63. The molecule has 1 aromatic rings. The number of aromatic nitrogens is 2. The van der Waals surface area contributed by atoms with Crippen molar-refractivity contribution >= 4 is 0 Å². The Hall–Kier alpha value is -0.990. The molecule has 0 N–H and O–H groups in total. The molecule has 0 spiro atoms. The molecule has 0 aliphatic heterocycles. The van der Waals surface area contributed by atoms with Crippen LogP contribution >= 0.6 is 0 Å². The Bertz CT molecular complexity index is 176. The first-order valence-corrected chi connectivity index (χ1v) is 3.25. The lowest BCUT2D eigenvalue weighted by Crippen LogP contribution is -1.93. The van der Waals surface area contributed by atoms with Gasteiger partial charge < -0.3 is 0 Å². The highest BCUT2D eigenvalue weighted by molar-refractivity contribution is 4.88. The average molecular weight is 140 g/mol. The predicted molar refractivity (Wildman–Crippen MR) is 36.3 cm³/mol. The second-order valence-corrected chi connectivity index (χ2v) is 1.96. The van der Waals surface area contributed by atoms with Gasteiger partial charge in [0.2, 0.25) is 0 Å². The van der Waals surface area contributed by atoms with Crippen LogP contribution in [0.3, 0.4) is 0 Å². The lowest BCUT2D eigenvalue weighted by molar-refractivity contribution is 0.469. The van der Waals surface area contributed by atoms with Gasteiger partial charge >= 0.3 is 0 Å². The number of rotatable bonds is 3. The summed E-state index contributed by atoms with van der Waals surface area (Å²) < 4.78 is 11.6. The fraction of sp³-hybridized carbons (Fsp3) is 0.429. The SMILES string of the molecule is FCCCc1ncccn1. The molecule has 0 aromatic carbocycles. The van der Waals surface area contributed by atoms with Crippen LogP contribution < -0.4 is 0 Å². The van der Waals surface area contributed by atoms with E-state index in [1.165, 1.54) is 0 Å². The number of alkyl halides is 1. The van der Waals surface area contributed by atoms with Gasteiger partial charge in [-0.2, -0.15) is 0 Å². The second kappa shape index (κ2) is 3.93. The van der Waals surface area contributed by atoms with Crippen molar-refractivity contribution < 1.29 is 4.39 Å². The van der Waals surface area contributed by atoms with Gasteiger partial charge in [-0.15, -0.1) is 0 Å². The average Bonchev–Trinajstić information content (AvgIpc) is 2.03. The van der Waals surface area contributed by atoms with Crippen LogP contribution in [0.1, 0.15) is 12.2 Å². The Kier molecular flexibility index (Phi) is 2.80. The fourth-order valence-electron chi connectivity index (χ4n) is 0.684. The van der Waals surface area contributed by atoms with Crippen LogP contribution in [-0.4, -0.2) is 16.6 Å². The summed E-state index contributed by atoms with van der Waals surface area (Å²) >= 11 is 0. The van der Waals surface area contributed by atoms with Crippen LogP contribution in [0.4, 0.5) is 4.39 Å². The minimum absolute atomic E-state index is 0.293. The lowest BCUT2D eigenvalue weighted by atomic mass is 10.3. The maximum Gasteiger partial charge on any atom is 0.128 e. The van der Waals surface area contributed by atoms with Crippen molar-refractivity contribution in [1.82, 2.24) is 9.97 Å². The smallest absolute Gasteiger partial charge is 0.128 e. The summed E-state index contributed by atoms with van der Waals surface area (Å²) in [5.74, 6) is 0.722. The van der Waals surface area contributed by atoms with E-state index in [1.807, 2.05) is 0 Å². The van der Waals surface area contributed by atoms with Crippen LogP contribution in [-0.2, 0) is 6.42 Å². The summed E-state index contributed by atoms with van der Waals surface area (Å²) in [6, 6.07) is 1.75. The summed E-state index contributed by atoms with van der Waals surface area (Å²) in [5, 5.41) is 0. The predicted octanol–water partition coefficient (Wildman–Crippen LogP) is 1.38. The molecule has 0 bridgehead atoms. The molecular weight excluding hydrogens is 131 g/mol. The van der Waals surface area contributed by atoms with Crippen LogP contribution in [0.5, 0.6) is 0 Å². The molecule has 0 fully saturated rings. The highest BCUT2D eigenvalue weighted by atomic mass is 19.1. The van der Waals surface area contributed by atoms with E-state index in [4.69, 9.17) is 0 Å². The van der Waals surface area contributed by atoms with Gasteiger partial charge in [-0.05, 0) is 12.5 Å². The standard InChI is InChI=1S/C7H9FN2/c8-4-1-3-7-9-5-2-6-10-7/h2,5-6H,1,3-4H2. The normalized spacial score (nSPS) is 9.70. The first kappa shape index (κ1) is 7.12. The quantitative estimate of drug-likeness (QED) is 0.633. The summed E-state index contributed by atoms with van der Waals surface area (Å²) in [4.78, 5) is 7.88. The van der Waals surface area contributed by atoms with E-state index in [2.05, 4.69) is 9.97 Å². The highest BCUT2D eigenvalue weighted by Gasteiger charge is 1.91. The minimum Gasteiger partial charge on any atom is -0.251 e. The first-order valence-electron chi connectivity index (χ1n) is 3.25. The molecule has 0 aliphatic carbocycles. The molecule has 0 amide bonds. The van der Waals surface area contributed by atoms with Gasteiger partial charge in [0.1, 0.15) is 5.82 Å². The molecule has 0 atom stereocenters. The van der Waals surface area contributed by atoms with Gasteiger partial charge in [-0.1, -0.05) is 0 Å². The number of aryl methyl sites for hydroxylation is 1. The zero-order chi connectivity index (χ0) is 7.23. The van der Waals surface area contributed by atoms with E-state index < -0.39 is 0 Å². The van der Waals surface area contributed by atoms with Crippen LogP contribution in [0.25, 0.3) is 0 Å². The van der Waals surface area contributed by atoms with Crippen molar-refractivity contribution in [2.24, 2.45) is 0 Å². The van der Waals surface area contributed by atoms with Gasteiger partial charge in [0.05, 0.1) is 6.67 Å². The molecule has 0 saturated heterocycles. The topological polar surface area (TPSA) is 25.8 Å². The maximum atomic E-state index is 11.6. The Morgan fingerprint density at radius 2 is 2.00 bits per heavy atom. The van der Waals surface area contributed by atoms with Crippen molar-refractivity contribution in [2.75, 3.05) is 6.67 Å². The molecule has 0 radical (unpaired) electrons. The molecule has 3 heteroatoms. The Morgan fingerprint density at radius 3 is 2.60 bits per heavy atom. The van der Waals surface area contributed by atoms with Crippen LogP contribution in [0, 0.1) is 0 Å². The maximum absolute atomic E-state index is 11.6. The monoisotopic (exact) mass is 140 g/mol. The highest BCUT2D eigenvalue weighted by Crippen LogP contribution is 1.93. The summed E-state index contributed by atoms with van der Waals surface area (Å²) in [6.45, 7) is -0.293. The van der Waals surface area contributed by atoms with Gasteiger partial charge in [0.25, 0.3) is 0 Å². The molecule has 2 nitrogen and oxygen atoms in total. The molecule has 0 saturated carbocycles. The number of hydrogen-bond acceptors (Lipinski definition) is 2. The summed E-state index contributed by atoms with van der Waals surface area (Å²) in [5.41, 5.74) is 0. The second-order valence-electron chi connectivity index (χ2n) is 1.96. The molecule has 1 rings (SSSR count). The van der Waals surface area contributed by atoms with Crippen molar-refractivity contribution in [1.29, 1.82) is 0 Å². The van der Waals surface area contributed by atoms with Crippen LogP contribution in [0.15, 0.2) is 18.5 Å². The van der Waals surface area contributed by atoms with Gasteiger partial charge in [0.15, 0.2) is 0 Å². The molecule has 10 heavy (non-hydrogen) atoms. The first-order chi connectivity index (χ1) is 4.93. The molecule has 1 heterocycles. The van der Waals surface area contributed by atoms with E-state index >= 15 is 0 Å². The largest absolute Gasteiger partial charge is 0.251 e. The van der Waals surface area contributed by atoms with E-state index in [0.717, 1.165) is 5.82 Å². The van der Waals surface area contributed by atoms with Gasteiger partial charge in [-0.3, -0.25) is 4.39 Å². The summed E-state index contributed by atoms with van der Waals surface area (Å²) in [6.07, 6.45) is 4.49. The Labute approximate surface area is 59.1 Å². The molecule has 0 aliphatic rings. The number of hydrogen-bond donors (Lipinski definition) is 0. The van der Waals surface area contributed by atoms with E-state index in [0.29, 0.717) is 12.8 Å². The Balaban J connectivity index is 2.43. The van der Waals surface area contributed by atoms with Crippen molar-refractivity contribution in [2.45, 2.75) is 12.8 Å². The zero-order valence-corrected chi connectivity index (χ0v) is 5.63. The molecule has 54 valence electrons. The molecule has 0 unspecified atom stereocenters. The third-order valence-corrected chi connectivity index (χ3v) is 1.15. The molecular formula is C7H9FN2. The molecule has 1 aromatic heterocycles. The third kappa shape index (κ3) is 2.09. The lowest BCUT2D eigenvalue weighted by Gasteiger charge is -1.93. The third-order valence-electron chi connectivity index (χ3n) is 1.15. The van der Waals surface area contributed by atoms with E-state index in [-0.39, 0.29) is 6.67 Å². The van der Waals surface area contributed by atoms with E-state index in [9.17, 15) is 4.39 Å². The fourth-order valence-corrected chi connectivity index (χ4v) is 0.684. The minimum atomic E-state index is -0.293. The summed E-state index contributed by atoms with van der Waals surface area (Å²) in [7, 11) is 0. The Morgan fingerprint density at radius 1 is 1.30 bits per heavy atom.